The van der Waals surface area contributed by atoms with Gasteiger partial charge in [0, 0.05) is 27.0 Å². The summed E-state index contributed by atoms with van der Waals surface area (Å²) < 4.78 is 20.7. The molecule has 1 aromatic heterocycles. The molecule has 5 heteroatoms. The van der Waals surface area contributed by atoms with E-state index < -0.39 is 7.14 Å². The van der Waals surface area contributed by atoms with Crippen LogP contribution in [0.1, 0.15) is 0 Å². The van der Waals surface area contributed by atoms with Crippen molar-refractivity contribution in [3.8, 4) is 39.8 Å². The number of aromatic hydroxyl groups is 1. The number of phenols is 1. The van der Waals surface area contributed by atoms with E-state index in [1.165, 1.54) is 0 Å². The molecular weight excluding hydrogens is 513 g/mol. The maximum absolute atomic E-state index is 14.5. The highest BCUT2D eigenvalue weighted by atomic mass is 31.2. The molecule has 5 aromatic carbocycles. The fraction of sp³-hybridized carbons (Fsp3) is 0. The van der Waals surface area contributed by atoms with Crippen LogP contribution < -0.4 is 20.7 Å². The zero-order valence-electron chi connectivity index (χ0n) is 21.6. The highest BCUT2D eigenvalue weighted by Crippen LogP contribution is 2.42. The van der Waals surface area contributed by atoms with Gasteiger partial charge in [-0.1, -0.05) is 66.7 Å². The van der Waals surface area contributed by atoms with Gasteiger partial charge in [-0.15, -0.1) is 0 Å². The number of rotatable bonds is 7. The molecule has 0 fully saturated rings. The van der Waals surface area contributed by atoms with Gasteiger partial charge in [-0.2, -0.15) is 0 Å². The molecular formula is C35H26NO3P. The highest BCUT2D eigenvalue weighted by molar-refractivity contribution is 7.85. The number of hydrogen-bond acceptors (Lipinski definition) is 4. The molecule has 1 N–H and O–H groups in total. The number of ether oxygens (including phenoxy) is 1. The van der Waals surface area contributed by atoms with E-state index in [-0.39, 0.29) is 5.75 Å². The Morgan fingerprint density at radius 1 is 0.475 bits per heavy atom. The van der Waals surface area contributed by atoms with Gasteiger partial charge in [0.2, 0.25) is 0 Å². The van der Waals surface area contributed by atoms with Gasteiger partial charge in [-0.25, -0.2) is 4.98 Å². The second-order valence-corrected chi connectivity index (χ2v) is 12.1. The van der Waals surface area contributed by atoms with Crippen LogP contribution in [0.15, 0.2) is 152 Å². The van der Waals surface area contributed by atoms with Crippen LogP contribution in [0.4, 0.5) is 0 Å². The Balaban J connectivity index is 1.22. The Hall–Kier alpha value is -4.92. The molecule has 4 nitrogen and oxygen atoms in total. The summed E-state index contributed by atoms with van der Waals surface area (Å²) in [7, 11) is -3.02. The molecule has 0 unspecified atom stereocenters. The molecule has 0 aliphatic heterocycles. The molecule has 0 spiro atoms. The van der Waals surface area contributed by atoms with Crippen molar-refractivity contribution >= 4 is 23.1 Å². The Kier molecular flexibility index (Phi) is 7.01. The quantitative estimate of drug-likeness (QED) is 0.213. The van der Waals surface area contributed by atoms with Crippen molar-refractivity contribution in [3.63, 3.8) is 0 Å². The van der Waals surface area contributed by atoms with E-state index in [4.69, 9.17) is 9.72 Å². The van der Waals surface area contributed by atoms with Crippen LogP contribution in [-0.2, 0) is 4.57 Å². The molecule has 0 atom stereocenters. The number of aromatic nitrogens is 1. The summed E-state index contributed by atoms with van der Waals surface area (Å²) in [5.74, 6) is 1.59. The summed E-state index contributed by atoms with van der Waals surface area (Å²) in [4.78, 5) is 4.79. The molecule has 0 aliphatic carbocycles. The number of pyridine rings is 1. The minimum Gasteiger partial charge on any atom is -0.508 e. The summed E-state index contributed by atoms with van der Waals surface area (Å²) in [6, 6.07) is 47.5. The van der Waals surface area contributed by atoms with E-state index in [1.807, 2.05) is 140 Å². The predicted octanol–water partition coefficient (Wildman–Crippen LogP) is 7.55. The Labute approximate surface area is 233 Å². The largest absolute Gasteiger partial charge is 0.508 e. The summed E-state index contributed by atoms with van der Waals surface area (Å²) in [5.41, 5.74) is 3.59. The summed E-state index contributed by atoms with van der Waals surface area (Å²) >= 11 is 0. The summed E-state index contributed by atoms with van der Waals surface area (Å²) in [6.07, 6.45) is 0. The molecule has 0 saturated carbocycles. The topological polar surface area (TPSA) is 59.4 Å². The van der Waals surface area contributed by atoms with Crippen LogP contribution in [-0.4, -0.2) is 10.1 Å². The van der Waals surface area contributed by atoms with E-state index in [2.05, 4.69) is 0 Å². The highest BCUT2D eigenvalue weighted by Gasteiger charge is 2.29. The molecule has 6 aromatic rings. The Morgan fingerprint density at radius 2 is 0.900 bits per heavy atom. The van der Waals surface area contributed by atoms with E-state index in [9.17, 15) is 9.67 Å². The van der Waals surface area contributed by atoms with E-state index in [0.717, 1.165) is 38.4 Å². The van der Waals surface area contributed by atoms with Crippen LogP contribution in [0.3, 0.4) is 0 Å². The van der Waals surface area contributed by atoms with E-state index >= 15 is 0 Å². The Morgan fingerprint density at radius 3 is 1.40 bits per heavy atom. The normalized spacial score (nSPS) is 11.2. The molecule has 0 bridgehead atoms. The van der Waals surface area contributed by atoms with Crippen LogP contribution in [0.5, 0.6) is 17.2 Å². The van der Waals surface area contributed by atoms with Crippen molar-refractivity contribution in [1.29, 1.82) is 0 Å². The summed E-state index contributed by atoms with van der Waals surface area (Å²) in [6.45, 7) is 0. The third-order valence-electron chi connectivity index (χ3n) is 6.74. The molecule has 0 amide bonds. The number of nitrogens with zero attached hydrogens (tertiary/aromatic N) is 1. The lowest BCUT2D eigenvalue weighted by atomic mass is 10.1. The van der Waals surface area contributed by atoms with Crippen molar-refractivity contribution < 1.29 is 14.4 Å². The zero-order chi connectivity index (χ0) is 27.4. The lowest BCUT2D eigenvalue weighted by molar-refractivity contribution is 0.475. The van der Waals surface area contributed by atoms with Crippen LogP contribution in [0.25, 0.3) is 22.5 Å². The third-order valence-corrected chi connectivity index (χ3v) is 9.81. The minimum atomic E-state index is -3.02. The Bertz CT molecular complexity index is 1720. The van der Waals surface area contributed by atoms with Gasteiger partial charge < -0.3 is 14.4 Å². The first kappa shape index (κ1) is 25.4. The van der Waals surface area contributed by atoms with Gasteiger partial charge in [-0.05, 0) is 84.9 Å². The zero-order valence-corrected chi connectivity index (χ0v) is 22.5. The lowest BCUT2D eigenvalue weighted by Crippen LogP contribution is -2.24. The van der Waals surface area contributed by atoms with Gasteiger partial charge in [0.1, 0.15) is 17.2 Å². The van der Waals surface area contributed by atoms with Gasteiger partial charge in [0.25, 0.3) is 0 Å². The maximum Gasteiger partial charge on any atom is 0.171 e. The molecule has 40 heavy (non-hydrogen) atoms. The molecule has 0 aliphatic rings. The van der Waals surface area contributed by atoms with Gasteiger partial charge in [-0.3, -0.25) is 0 Å². The maximum atomic E-state index is 14.5. The molecule has 0 saturated heterocycles. The standard InChI is InChI=1S/C35H26NO3P/c37-28-18-14-26(15-19-28)34-12-7-13-35(36-34)27-16-20-29(21-17-27)39-30-22-24-33(25-23-30)40(38,31-8-3-1-4-9-31)32-10-5-2-6-11-32/h1-25,37H. The van der Waals surface area contributed by atoms with Crippen molar-refractivity contribution in [3.05, 3.63) is 152 Å². The average Bonchev–Trinajstić information content (AvgIpc) is 3.03. The van der Waals surface area contributed by atoms with Gasteiger partial charge >= 0.3 is 0 Å². The van der Waals surface area contributed by atoms with Crippen LogP contribution >= 0.6 is 7.14 Å². The van der Waals surface area contributed by atoms with Crippen molar-refractivity contribution in [2.45, 2.75) is 0 Å². The number of phenolic OH excluding ortho intramolecular Hbond substituents is 1. The SMILES string of the molecule is O=P(c1ccccc1)(c1ccccc1)c1ccc(Oc2ccc(-c3cccc(-c4ccc(O)cc4)n3)cc2)cc1. The monoisotopic (exact) mass is 539 g/mol. The fourth-order valence-corrected chi connectivity index (χ4v) is 7.31. The minimum absolute atomic E-state index is 0.228. The number of benzene rings is 5. The average molecular weight is 540 g/mol. The fourth-order valence-electron chi connectivity index (χ4n) is 4.67. The third kappa shape index (κ3) is 5.18. The molecule has 1 heterocycles. The van der Waals surface area contributed by atoms with Crippen molar-refractivity contribution in [1.82, 2.24) is 4.98 Å². The predicted molar refractivity (Wildman–Crippen MR) is 163 cm³/mol. The summed E-state index contributed by atoms with van der Waals surface area (Å²) in [5, 5.41) is 11.9. The first-order chi connectivity index (χ1) is 19.6. The van der Waals surface area contributed by atoms with Crippen LogP contribution in [0, 0.1) is 0 Å². The lowest BCUT2D eigenvalue weighted by Gasteiger charge is -2.20. The van der Waals surface area contributed by atoms with Crippen molar-refractivity contribution in [2.24, 2.45) is 0 Å². The van der Waals surface area contributed by atoms with Gasteiger partial charge in [0.05, 0.1) is 11.4 Å². The number of hydrogen-bond donors (Lipinski definition) is 1. The molecule has 6 rings (SSSR count). The van der Waals surface area contributed by atoms with Crippen molar-refractivity contribution in [2.75, 3.05) is 0 Å². The first-order valence-electron chi connectivity index (χ1n) is 13.0. The van der Waals surface area contributed by atoms with E-state index in [0.29, 0.717) is 11.5 Å². The van der Waals surface area contributed by atoms with E-state index in [1.54, 1.807) is 12.1 Å². The molecule has 0 radical (unpaired) electrons. The first-order valence-corrected chi connectivity index (χ1v) is 14.7. The van der Waals surface area contributed by atoms with Crippen LogP contribution in [0.2, 0.25) is 0 Å². The second kappa shape index (κ2) is 11.1. The second-order valence-electron chi connectivity index (χ2n) is 9.36. The van der Waals surface area contributed by atoms with Gasteiger partial charge in [0.15, 0.2) is 7.14 Å². The smallest absolute Gasteiger partial charge is 0.171 e. The molecule has 194 valence electrons.